The number of nitrogens with zero attached hydrogens (tertiary/aromatic N) is 2. The van der Waals surface area contributed by atoms with Crippen molar-refractivity contribution in [3.63, 3.8) is 0 Å². The summed E-state index contributed by atoms with van der Waals surface area (Å²) in [6.45, 7) is 4.25. The van der Waals surface area contributed by atoms with E-state index in [0.29, 0.717) is 6.61 Å². The summed E-state index contributed by atoms with van der Waals surface area (Å²) >= 11 is 1.74. The second-order valence-electron chi connectivity index (χ2n) is 5.22. The number of halogens is 1. The van der Waals surface area contributed by atoms with Gasteiger partial charge in [0.25, 0.3) is 0 Å². The summed E-state index contributed by atoms with van der Waals surface area (Å²) in [5.74, 6) is 0.801. The fraction of sp³-hybridized carbons (Fsp3) is 0.412. The molecule has 132 valence electrons. The van der Waals surface area contributed by atoms with Crippen molar-refractivity contribution in [1.29, 1.82) is 0 Å². The number of rotatable bonds is 7. The molecule has 1 aromatic heterocycles. The van der Waals surface area contributed by atoms with E-state index in [2.05, 4.69) is 45.7 Å². The molecule has 5 nitrogen and oxygen atoms in total. The van der Waals surface area contributed by atoms with Crippen LogP contribution in [0.2, 0.25) is 0 Å². The number of guanidine groups is 1. The van der Waals surface area contributed by atoms with E-state index in [4.69, 9.17) is 4.74 Å². The molecular weight excluding hydrogens is 435 g/mol. The zero-order valence-electron chi connectivity index (χ0n) is 14.3. The number of aromatic nitrogens is 1. The van der Waals surface area contributed by atoms with Gasteiger partial charge < -0.3 is 15.4 Å². The monoisotopic (exact) mass is 460 g/mol. The van der Waals surface area contributed by atoms with Crippen LogP contribution in [0, 0.1) is 6.92 Å². The van der Waals surface area contributed by atoms with E-state index in [-0.39, 0.29) is 24.0 Å². The van der Waals surface area contributed by atoms with E-state index in [1.54, 1.807) is 25.5 Å². The molecule has 2 rings (SSSR count). The molecule has 7 heteroatoms. The van der Waals surface area contributed by atoms with Gasteiger partial charge in [-0.25, -0.2) is 4.98 Å². The van der Waals surface area contributed by atoms with Crippen molar-refractivity contribution >= 4 is 41.3 Å². The van der Waals surface area contributed by atoms with Gasteiger partial charge in [0.05, 0.1) is 11.6 Å². The van der Waals surface area contributed by atoms with Gasteiger partial charge >= 0.3 is 0 Å². The van der Waals surface area contributed by atoms with Gasteiger partial charge in [0.15, 0.2) is 5.96 Å². The highest BCUT2D eigenvalue weighted by Crippen LogP contribution is 2.11. The van der Waals surface area contributed by atoms with Crippen molar-refractivity contribution < 1.29 is 4.74 Å². The number of benzene rings is 1. The minimum Gasteiger partial charge on any atom is -0.380 e. The lowest BCUT2D eigenvalue weighted by atomic mass is 10.1. The summed E-state index contributed by atoms with van der Waals surface area (Å²) in [5, 5.41) is 7.80. The van der Waals surface area contributed by atoms with Crippen LogP contribution in [-0.4, -0.2) is 31.6 Å². The Morgan fingerprint density at radius 1 is 1.29 bits per heavy atom. The van der Waals surface area contributed by atoms with Crippen LogP contribution in [0.25, 0.3) is 0 Å². The molecule has 0 aliphatic rings. The topological polar surface area (TPSA) is 58.5 Å². The fourth-order valence-electron chi connectivity index (χ4n) is 2.21. The molecule has 2 aromatic rings. The quantitative estimate of drug-likeness (QED) is 0.379. The number of aliphatic imine (C=N–C) groups is 1. The van der Waals surface area contributed by atoms with Gasteiger partial charge in [-0.3, -0.25) is 4.99 Å². The molecule has 0 amide bonds. The van der Waals surface area contributed by atoms with Crippen LogP contribution in [0.1, 0.15) is 21.0 Å². The second-order valence-corrected chi connectivity index (χ2v) is 6.54. The zero-order valence-corrected chi connectivity index (χ0v) is 17.5. The van der Waals surface area contributed by atoms with Gasteiger partial charge in [-0.05, 0) is 18.1 Å². The van der Waals surface area contributed by atoms with Crippen LogP contribution in [0.3, 0.4) is 0 Å². The van der Waals surface area contributed by atoms with Crippen molar-refractivity contribution in [2.24, 2.45) is 4.99 Å². The predicted octanol–water partition coefficient (Wildman–Crippen LogP) is 3.12. The third-order valence-corrected chi connectivity index (χ3v) is 4.26. The maximum absolute atomic E-state index is 5.17. The predicted molar refractivity (Wildman–Crippen MR) is 111 cm³/mol. The Balaban J connectivity index is 0.00000288. The Morgan fingerprint density at radius 3 is 2.75 bits per heavy atom. The molecule has 1 heterocycles. The third-order valence-electron chi connectivity index (χ3n) is 3.29. The summed E-state index contributed by atoms with van der Waals surface area (Å²) in [6, 6.07) is 8.35. The van der Waals surface area contributed by atoms with Crippen LogP contribution in [0.4, 0.5) is 0 Å². The molecule has 0 radical (unpaired) electrons. The number of hydrogen-bond acceptors (Lipinski definition) is 4. The van der Waals surface area contributed by atoms with Crippen molar-refractivity contribution in [2.75, 3.05) is 20.7 Å². The molecule has 1 aromatic carbocycles. The molecule has 0 fully saturated rings. The van der Waals surface area contributed by atoms with Gasteiger partial charge in [0.1, 0.15) is 0 Å². The molecular formula is C17H25IN4OS. The minimum atomic E-state index is 0. The average molecular weight is 460 g/mol. The Hall–Kier alpha value is -1.19. The van der Waals surface area contributed by atoms with Crippen LogP contribution in [0.5, 0.6) is 0 Å². The highest BCUT2D eigenvalue weighted by Gasteiger charge is 2.02. The summed E-state index contributed by atoms with van der Waals surface area (Å²) in [5.41, 5.74) is 2.38. The average Bonchev–Trinajstić information content (AvgIpc) is 2.97. The summed E-state index contributed by atoms with van der Waals surface area (Å²) in [7, 11) is 3.49. The maximum Gasteiger partial charge on any atom is 0.191 e. The second kappa shape index (κ2) is 11.4. The van der Waals surface area contributed by atoms with Gasteiger partial charge in [-0.15, -0.1) is 35.3 Å². The molecule has 0 unspecified atom stereocenters. The Kier molecular flexibility index (Phi) is 9.89. The molecule has 0 bridgehead atoms. The number of nitrogens with one attached hydrogen (secondary N) is 2. The zero-order chi connectivity index (χ0) is 16.5. The number of aryl methyl sites for hydroxylation is 1. The van der Waals surface area contributed by atoms with Crippen molar-refractivity contribution in [1.82, 2.24) is 15.6 Å². The smallest absolute Gasteiger partial charge is 0.191 e. The number of thiazole rings is 1. The van der Waals surface area contributed by atoms with Gasteiger partial charge in [0.2, 0.25) is 0 Å². The molecule has 2 N–H and O–H groups in total. The number of hydrogen-bond donors (Lipinski definition) is 2. The van der Waals surface area contributed by atoms with Crippen LogP contribution in [-0.2, 0) is 24.3 Å². The molecule has 0 saturated carbocycles. The first kappa shape index (κ1) is 20.9. The Bertz CT molecular complexity index is 645. The first-order valence-corrected chi connectivity index (χ1v) is 8.45. The van der Waals surface area contributed by atoms with E-state index >= 15 is 0 Å². The van der Waals surface area contributed by atoms with E-state index in [0.717, 1.165) is 30.5 Å². The first-order valence-electron chi connectivity index (χ1n) is 7.64. The molecule has 0 spiro atoms. The van der Waals surface area contributed by atoms with Crippen molar-refractivity contribution in [3.8, 4) is 0 Å². The summed E-state index contributed by atoms with van der Waals surface area (Å²) < 4.78 is 5.17. The lowest BCUT2D eigenvalue weighted by Gasteiger charge is -2.12. The Morgan fingerprint density at radius 2 is 2.08 bits per heavy atom. The molecule has 24 heavy (non-hydrogen) atoms. The van der Waals surface area contributed by atoms with E-state index in [1.807, 2.05) is 12.3 Å². The maximum atomic E-state index is 5.17. The summed E-state index contributed by atoms with van der Waals surface area (Å²) in [6.07, 6.45) is 2.82. The summed E-state index contributed by atoms with van der Waals surface area (Å²) in [4.78, 5) is 9.87. The van der Waals surface area contributed by atoms with Crippen LogP contribution in [0.15, 0.2) is 35.5 Å². The first-order chi connectivity index (χ1) is 11.2. The third kappa shape index (κ3) is 7.14. The lowest BCUT2D eigenvalue weighted by molar-refractivity contribution is 0.185. The highest BCUT2D eigenvalue weighted by molar-refractivity contribution is 14.0. The normalized spacial score (nSPS) is 11.0. The van der Waals surface area contributed by atoms with Crippen LogP contribution >= 0.6 is 35.3 Å². The molecule has 0 aliphatic carbocycles. The Labute approximate surface area is 165 Å². The van der Waals surface area contributed by atoms with Gasteiger partial charge in [-0.2, -0.15) is 0 Å². The highest BCUT2D eigenvalue weighted by atomic mass is 127. The SMILES string of the molecule is CN=C(NCCc1ncc(C)s1)NCc1cccc(COC)c1.I. The number of ether oxygens (including phenoxy) is 1. The van der Waals surface area contributed by atoms with E-state index in [9.17, 15) is 0 Å². The number of methoxy groups -OCH3 is 1. The molecule has 0 atom stereocenters. The van der Waals surface area contributed by atoms with E-state index < -0.39 is 0 Å². The van der Waals surface area contributed by atoms with Crippen molar-refractivity contribution in [2.45, 2.75) is 26.5 Å². The largest absolute Gasteiger partial charge is 0.380 e. The fourth-order valence-corrected chi connectivity index (χ4v) is 2.99. The van der Waals surface area contributed by atoms with Crippen LogP contribution < -0.4 is 10.6 Å². The molecule has 0 aliphatic heterocycles. The minimum absolute atomic E-state index is 0. The van der Waals surface area contributed by atoms with Crippen molar-refractivity contribution in [3.05, 3.63) is 51.5 Å². The van der Waals surface area contributed by atoms with E-state index in [1.165, 1.54) is 16.0 Å². The van der Waals surface area contributed by atoms with Gasteiger partial charge in [-0.1, -0.05) is 24.3 Å². The molecule has 0 saturated heterocycles. The standard InChI is InChI=1S/C17H24N4OS.HI/c1-13-10-20-16(23-13)7-8-19-17(18-2)21-11-14-5-4-6-15(9-14)12-22-3;/h4-6,9-10H,7-8,11-12H2,1-3H3,(H2,18,19,21);1H. The lowest BCUT2D eigenvalue weighted by Crippen LogP contribution is -2.37. The van der Waals surface area contributed by atoms with Gasteiger partial charge in [0, 0.05) is 44.7 Å².